The van der Waals surface area contributed by atoms with Crippen molar-refractivity contribution in [1.82, 2.24) is 4.90 Å². The first-order valence-corrected chi connectivity index (χ1v) is 12.7. The summed E-state index contributed by atoms with van der Waals surface area (Å²) in [6.45, 7) is 11.5. The van der Waals surface area contributed by atoms with Gasteiger partial charge >= 0.3 is 0 Å². The summed E-state index contributed by atoms with van der Waals surface area (Å²) in [5, 5.41) is 21.5. The minimum atomic E-state index is -0.766. The Kier molecular flexibility index (Phi) is 7.97. The molecule has 1 aromatic rings. The molecule has 5 nitrogen and oxygen atoms in total. The van der Waals surface area contributed by atoms with E-state index in [2.05, 4.69) is 62.4 Å². The highest BCUT2D eigenvalue weighted by Crippen LogP contribution is 2.46. The molecule has 1 aromatic carbocycles. The molecule has 2 aliphatic rings. The largest absolute Gasteiger partial charge is 0.508 e. The Morgan fingerprint density at radius 1 is 1.31 bits per heavy atom. The summed E-state index contributed by atoms with van der Waals surface area (Å²) in [7, 11) is 0. The van der Waals surface area contributed by atoms with Crippen molar-refractivity contribution in [3.05, 3.63) is 46.1 Å². The fraction of sp³-hybridized carbons (Fsp3) is 0.577. The quantitative estimate of drug-likeness (QED) is 0.246. The first-order valence-electron chi connectivity index (χ1n) is 11.5. The lowest BCUT2D eigenvalue weighted by atomic mass is 9.84. The zero-order valence-corrected chi connectivity index (χ0v) is 22.0. The van der Waals surface area contributed by atoms with Gasteiger partial charge in [-0.1, -0.05) is 52.8 Å². The average molecular weight is 553 g/mol. The number of hydrogen-bond acceptors (Lipinski definition) is 4. The van der Waals surface area contributed by atoms with Crippen molar-refractivity contribution in [1.29, 1.82) is 0 Å². The molecule has 0 radical (unpaired) electrons. The molecule has 1 amide bonds. The molecule has 0 spiro atoms. The number of allylic oxidation sites excluding steroid dienone is 4. The number of nitrogens with zero attached hydrogens (tertiary/aromatic N) is 1. The number of phenolic OH excluding ortho intramolecular Hbond substituents is 1. The van der Waals surface area contributed by atoms with E-state index in [1.54, 1.807) is 6.07 Å². The van der Waals surface area contributed by atoms with Crippen molar-refractivity contribution < 1.29 is 19.7 Å². The number of ether oxygens (including phenoxy) is 1. The molecule has 0 saturated heterocycles. The van der Waals surface area contributed by atoms with Gasteiger partial charge in [-0.25, -0.2) is 0 Å². The lowest BCUT2D eigenvalue weighted by Crippen LogP contribution is -2.49. The van der Waals surface area contributed by atoms with E-state index >= 15 is 0 Å². The van der Waals surface area contributed by atoms with E-state index in [1.807, 2.05) is 11.8 Å². The molecule has 0 aromatic heterocycles. The Hall–Kier alpha value is -1.54. The number of carbonyl (C=O) groups excluding carboxylic acids is 1. The maximum Gasteiger partial charge on any atom is 0.254 e. The van der Waals surface area contributed by atoms with Crippen molar-refractivity contribution in [3.8, 4) is 11.5 Å². The van der Waals surface area contributed by atoms with Gasteiger partial charge in [0.1, 0.15) is 17.1 Å². The normalized spacial score (nSPS) is 23.5. The SMILES string of the molecule is CC(C)=CCC/C(C)=C/CCC1(C)Oc2c(c(O)cc3c2CN(C[C@@H](C)I)C3=O)CC1O. The molecule has 2 unspecified atom stereocenters. The highest BCUT2D eigenvalue weighted by atomic mass is 127. The highest BCUT2D eigenvalue weighted by Gasteiger charge is 2.44. The second-order valence-electron chi connectivity index (χ2n) is 9.74. The molecule has 6 heteroatoms. The fourth-order valence-electron chi connectivity index (χ4n) is 4.51. The number of hydrogen-bond donors (Lipinski definition) is 2. The van der Waals surface area contributed by atoms with Crippen molar-refractivity contribution >= 4 is 28.5 Å². The van der Waals surface area contributed by atoms with Crippen LogP contribution in [0.15, 0.2) is 29.4 Å². The lowest BCUT2D eigenvalue weighted by molar-refractivity contribution is -0.0599. The maximum absolute atomic E-state index is 12.9. The first kappa shape index (κ1) is 25.1. The Balaban J connectivity index is 1.77. The van der Waals surface area contributed by atoms with Crippen LogP contribution in [0, 0.1) is 0 Å². The van der Waals surface area contributed by atoms with Gasteiger partial charge in [-0.2, -0.15) is 0 Å². The summed E-state index contributed by atoms with van der Waals surface area (Å²) in [4.78, 5) is 14.7. The van der Waals surface area contributed by atoms with Gasteiger partial charge < -0.3 is 19.8 Å². The minimum absolute atomic E-state index is 0.0348. The van der Waals surface area contributed by atoms with Gasteiger partial charge in [0, 0.05) is 28.0 Å². The number of aliphatic hydroxyl groups is 1. The second-order valence-corrected chi connectivity index (χ2v) is 11.9. The number of rotatable bonds is 8. The van der Waals surface area contributed by atoms with Crippen molar-refractivity contribution in [2.24, 2.45) is 0 Å². The molecule has 2 aliphatic heterocycles. The van der Waals surface area contributed by atoms with Gasteiger partial charge in [0.05, 0.1) is 18.2 Å². The van der Waals surface area contributed by atoms with Crippen LogP contribution in [0.4, 0.5) is 0 Å². The van der Waals surface area contributed by atoms with E-state index in [0.29, 0.717) is 46.7 Å². The molecule has 3 rings (SSSR count). The molecule has 0 saturated carbocycles. The van der Waals surface area contributed by atoms with Gasteiger partial charge in [0.15, 0.2) is 0 Å². The third kappa shape index (κ3) is 5.50. The van der Waals surface area contributed by atoms with Crippen LogP contribution in [0.25, 0.3) is 0 Å². The summed E-state index contributed by atoms with van der Waals surface area (Å²) in [6.07, 6.45) is 7.63. The molecule has 176 valence electrons. The Morgan fingerprint density at radius 3 is 2.69 bits per heavy atom. The number of fused-ring (bicyclic) bond motifs is 3. The van der Waals surface area contributed by atoms with Gasteiger partial charge in [-0.15, -0.1) is 0 Å². The van der Waals surface area contributed by atoms with Gasteiger partial charge in [0.25, 0.3) is 5.91 Å². The Labute approximate surface area is 205 Å². The van der Waals surface area contributed by atoms with Crippen LogP contribution in [0.5, 0.6) is 11.5 Å². The number of carbonyl (C=O) groups is 1. The van der Waals surface area contributed by atoms with E-state index in [1.165, 1.54) is 11.1 Å². The van der Waals surface area contributed by atoms with Crippen LogP contribution in [0.2, 0.25) is 0 Å². The van der Waals surface area contributed by atoms with Crippen LogP contribution in [-0.4, -0.2) is 43.2 Å². The highest BCUT2D eigenvalue weighted by molar-refractivity contribution is 14.1. The third-order valence-corrected chi connectivity index (χ3v) is 6.86. The second kappa shape index (κ2) is 10.2. The molecule has 0 fully saturated rings. The summed E-state index contributed by atoms with van der Waals surface area (Å²) in [5.74, 6) is 0.564. The monoisotopic (exact) mass is 553 g/mol. The Morgan fingerprint density at radius 2 is 2.03 bits per heavy atom. The van der Waals surface area contributed by atoms with E-state index in [9.17, 15) is 15.0 Å². The predicted molar refractivity (Wildman–Crippen MR) is 137 cm³/mol. The fourth-order valence-corrected chi connectivity index (χ4v) is 4.98. The van der Waals surface area contributed by atoms with Crippen LogP contribution < -0.4 is 4.74 Å². The van der Waals surface area contributed by atoms with Gasteiger partial charge in [-0.3, -0.25) is 4.79 Å². The molecule has 3 atom stereocenters. The van der Waals surface area contributed by atoms with Crippen LogP contribution in [0.1, 0.15) is 81.8 Å². The minimum Gasteiger partial charge on any atom is -0.508 e. The zero-order valence-electron chi connectivity index (χ0n) is 19.9. The summed E-state index contributed by atoms with van der Waals surface area (Å²) in [6, 6.07) is 1.55. The average Bonchev–Trinajstić information content (AvgIpc) is 2.98. The molecule has 2 N–H and O–H groups in total. The smallest absolute Gasteiger partial charge is 0.254 e. The number of halogens is 1. The van der Waals surface area contributed by atoms with E-state index < -0.39 is 11.7 Å². The van der Waals surface area contributed by atoms with Crippen molar-refractivity contribution in [3.63, 3.8) is 0 Å². The van der Waals surface area contributed by atoms with Gasteiger partial charge in [-0.05, 0) is 59.4 Å². The zero-order chi connectivity index (χ0) is 23.6. The third-order valence-electron chi connectivity index (χ3n) is 6.46. The lowest BCUT2D eigenvalue weighted by Gasteiger charge is -2.40. The molecule has 0 aliphatic carbocycles. The Bertz CT molecular complexity index is 932. The van der Waals surface area contributed by atoms with Crippen LogP contribution in [-0.2, 0) is 13.0 Å². The number of alkyl halides is 1. The topological polar surface area (TPSA) is 70.0 Å². The van der Waals surface area contributed by atoms with E-state index in [0.717, 1.165) is 24.8 Å². The molecule has 0 bridgehead atoms. The molecule has 32 heavy (non-hydrogen) atoms. The van der Waals surface area contributed by atoms with Gasteiger partial charge in [0.2, 0.25) is 0 Å². The maximum atomic E-state index is 12.9. The number of aromatic hydroxyl groups is 1. The van der Waals surface area contributed by atoms with Crippen molar-refractivity contribution in [2.75, 3.05) is 6.54 Å². The van der Waals surface area contributed by atoms with Crippen LogP contribution >= 0.6 is 22.6 Å². The summed E-state index contributed by atoms with van der Waals surface area (Å²) < 4.78 is 6.75. The summed E-state index contributed by atoms with van der Waals surface area (Å²) >= 11 is 2.31. The first-order chi connectivity index (χ1) is 15.0. The van der Waals surface area contributed by atoms with E-state index in [-0.39, 0.29) is 11.7 Å². The summed E-state index contributed by atoms with van der Waals surface area (Å²) in [5.41, 5.74) is 3.88. The standard InChI is InChI=1S/C26H36INO4/c1-16(2)8-6-9-17(3)10-7-11-26(5)23(30)13-20-22(29)12-19-21(24(20)32-26)15-28(25(19)31)14-18(4)27/h8,10,12,18,23,29-30H,6-7,9,11,13-15H2,1-5H3/b17-10+/t18-,23?,26?/m1/s1. The van der Waals surface area contributed by atoms with Crippen molar-refractivity contribution in [2.45, 2.75) is 88.9 Å². The predicted octanol–water partition coefficient (Wildman–Crippen LogP) is 5.70. The molecule has 2 heterocycles. The molecular weight excluding hydrogens is 517 g/mol. The molecular formula is C26H36INO4. The number of phenols is 1. The van der Waals surface area contributed by atoms with E-state index in [4.69, 9.17) is 4.74 Å². The van der Waals surface area contributed by atoms with Crippen LogP contribution in [0.3, 0.4) is 0 Å². The number of benzene rings is 1. The number of aliphatic hydroxyl groups excluding tert-OH is 1. The number of amides is 1.